The number of carboxylic acid groups (broad SMARTS) is 2. The Bertz CT molecular complexity index is 1430. The van der Waals surface area contributed by atoms with Gasteiger partial charge < -0.3 is 47.0 Å². The first-order chi connectivity index (χ1) is 25.2. The van der Waals surface area contributed by atoms with Gasteiger partial charge in [-0.2, -0.15) is 0 Å². The lowest BCUT2D eigenvalue weighted by Gasteiger charge is -2.43. The maximum atomic E-state index is 13.8. The van der Waals surface area contributed by atoms with Crippen LogP contribution in [0.3, 0.4) is 0 Å². The summed E-state index contributed by atoms with van der Waals surface area (Å²) in [7, 11) is 0. The van der Waals surface area contributed by atoms with Gasteiger partial charge in [0, 0.05) is 32.9 Å². The first kappa shape index (κ1) is 46.7. The molecule has 0 spiro atoms. The van der Waals surface area contributed by atoms with Crippen molar-refractivity contribution >= 4 is 59.1 Å². The van der Waals surface area contributed by atoms with E-state index in [9.17, 15) is 53.1 Å². The Morgan fingerprint density at radius 1 is 0.722 bits per heavy atom. The van der Waals surface area contributed by atoms with Gasteiger partial charge in [-0.05, 0) is 37.5 Å². The molecule has 0 bridgehead atoms. The van der Waals surface area contributed by atoms with Crippen molar-refractivity contribution in [2.45, 2.75) is 123 Å². The van der Waals surface area contributed by atoms with Gasteiger partial charge in [-0.15, -0.1) is 6.58 Å². The van der Waals surface area contributed by atoms with Crippen LogP contribution in [-0.4, -0.2) is 124 Å². The Morgan fingerprint density at radius 2 is 1.24 bits per heavy atom. The maximum Gasteiger partial charge on any atom is 0.303 e. The SMILES string of the molecule is C=CCNC(=O)C(=O)C(CCC)NC(=O)C1CCN1C(=O)C(NC(=O)C(NC(=O)C(CCC(=O)O)NC(=O)C(CCC(=O)O)NC(C)=O)C(C)C)C(C)C. The van der Waals surface area contributed by atoms with Gasteiger partial charge in [0.2, 0.25) is 41.2 Å². The minimum Gasteiger partial charge on any atom is -0.481 e. The monoisotopic (exact) mass is 765 g/mol. The number of nitrogens with zero attached hydrogens (tertiary/aromatic N) is 1. The molecular formula is C35H55N7O12. The third kappa shape index (κ3) is 14.9. The molecule has 0 aliphatic carbocycles. The second-order valence-electron chi connectivity index (χ2n) is 13.7. The Morgan fingerprint density at radius 3 is 1.69 bits per heavy atom. The van der Waals surface area contributed by atoms with Crippen molar-refractivity contribution < 1.29 is 58.2 Å². The summed E-state index contributed by atoms with van der Waals surface area (Å²) in [5, 5.41) is 33.1. The summed E-state index contributed by atoms with van der Waals surface area (Å²) in [6.07, 6.45) is 0.525. The van der Waals surface area contributed by atoms with Gasteiger partial charge in [-0.3, -0.25) is 47.9 Å². The third-order valence-electron chi connectivity index (χ3n) is 8.54. The van der Waals surface area contributed by atoms with E-state index < -0.39 is 126 Å². The number of Topliss-reactive ketones (excluding diaryl/α,β-unsaturated/α-hetero) is 1. The number of amides is 7. The molecule has 302 valence electrons. The minimum absolute atomic E-state index is 0.0599. The summed E-state index contributed by atoms with van der Waals surface area (Å²) in [4.78, 5) is 127. The molecule has 6 atom stereocenters. The number of nitrogens with one attached hydrogen (secondary N) is 6. The molecule has 0 radical (unpaired) electrons. The maximum absolute atomic E-state index is 13.8. The van der Waals surface area contributed by atoms with Gasteiger partial charge in [0.15, 0.2) is 0 Å². The number of carbonyl (C=O) groups excluding carboxylic acids is 8. The summed E-state index contributed by atoms with van der Waals surface area (Å²) < 4.78 is 0. The highest BCUT2D eigenvalue weighted by Gasteiger charge is 2.43. The Labute approximate surface area is 314 Å². The quantitative estimate of drug-likeness (QED) is 0.0423. The lowest BCUT2D eigenvalue weighted by Crippen LogP contribution is -2.65. The van der Waals surface area contributed by atoms with Gasteiger partial charge >= 0.3 is 11.9 Å². The standard InChI is InChI=1S/C35H55N7O12/c1-8-10-21(29(48)34(53)36-16-9-2)38-32(51)24-15-17-42(24)35(54)28(19(5)6)41-33(52)27(18(3)4)40-31(50)23(12-14-26(46)47)39-30(49)22(37-20(7)43)11-13-25(44)45/h9,18-19,21-24,27-28H,2,8,10-17H2,1,3-7H3,(H,36,53)(H,37,43)(H,38,51)(H,39,49)(H,40,50)(H,41,52)(H,44,45)(H,46,47). The van der Waals surface area contributed by atoms with E-state index in [0.717, 1.165) is 6.92 Å². The highest BCUT2D eigenvalue weighted by atomic mass is 16.4. The molecule has 54 heavy (non-hydrogen) atoms. The summed E-state index contributed by atoms with van der Waals surface area (Å²) in [5.74, 6) is -9.91. The molecule has 0 saturated carbocycles. The van der Waals surface area contributed by atoms with Crippen molar-refractivity contribution in [2.24, 2.45) is 11.8 Å². The van der Waals surface area contributed by atoms with Crippen molar-refractivity contribution in [3.63, 3.8) is 0 Å². The van der Waals surface area contributed by atoms with E-state index in [1.807, 2.05) is 0 Å². The largest absolute Gasteiger partial charge is 0.481 e. The Balaban J connectivity index is 3.16. The van der Waals surface area contributed by atoms with Crippen LogP contribution in [0.15, 0.2) is 12.7 Å². The van der Waals surface area contributed by atoms with Gasteiger partial charge in [-0.1, -0.05) is 47.1 Å². The lowest BCUT2D eigenvalue weighted by atomic mass is 9.94. The summed E-state index contributed by atoms with van der Waals surface area (Å²) in [5.41, 5.74) is 0. The zero-order valence-electron chi connectivity index (χ0n) is 31.7. The summed E-state index contributed by atoms with van der Waals surface area (Å²) in [6.45, 7) is 13.1. The lowest BCUT2D eigenvalue weighted by molar-refractivity contribution is -0.152. The first-order valence-corrected chi connectivity index (χ1v) is 17.9. The Hall–Kier alpha value is -5.36. The van der Waals surface area contributed by atoms with Gasteiger partial charge in [0.1, 0.15) is 30.2 Å². The topological polar surface area (TPSA) is 287 Å². The number of hydrogen-bond donors (Lipinski definition) is 8. The van der Waals surface area contributed by atoms with Crippen molar-refractivity contribution in [1.29, 1.82) is 0 Å². The number of aliphatic carboxylic acids is 2. The number of carbonyl (C=O) groups is 10. The fraction of sp³-hybridized carbons (Fsp3) is 0.657. The van der Waals surface area contributed by atoms with E-state index in [1.54, 1.807) is 34.6 Å². The number of rotatable bonds is 24. The fourth-order valence-corrected chi connectivity index (χ4v) is 5.47. The van der Waals surface area contributed by atoms with Crippen LogP contribution in [0.4, 0.5) is 0 Å². The van der Waals surface area contributed by atoms with E-state index in [-0.39, 0.29) is 32.4 Å². The zero-order chi connectivity index (χ0) is 41.3. The van der Waals surface area contributed by atoms with Gasteiger partial charge in [-0.25, -0.2) is 0 Å². The first-order valence-electron chi connectivity index (χ1n) is 17.9. The number of carboxylic acids is 2. The van der Waals surface area contributed by atoms with Gasteiger partial charge in [0.25, 0.3) is 5.91 Å². The van der Waals surface area contributed by atoms with Gasteiger partial charge in [0.05, 0.1) is 6.04 Å². The normalized spacial score (nSPS) is 16.3. The van der Waals surface area contributed by atoms with Crippen LogP contribution in [0.25, 0.3) is 0 Å². The molecule has 1 rings (SSSR count). The zero-order valence-corrected chi connectivity index (χ0v) is 31.7. The molecular weight excluding hydrogens is 710 g/mol. The molecule has 19 heteroatoms. The predicted octanol–water partition coefficient (Wildman–Crippen LogP) is -1.26. The van der Waals surface area contributed by atoms with E-state index in [4.69, 9.17) is 5.11 Å². The molecule has 19 nitrogen and oxygen atoms in total. The van der Waals surface area contributed by atoms with Crippen LogP contribution in [0.1, 0.15) is 86.5 Å². The second-order valence-corrected chi connectivity index (χ2v) is 13.7. The van der Waals surface area contributed by atoms with Crippen molar-refractivity contribution in [3.05, 3.63) is 12.7 Å². The van der Waals surface area contributed by atoms with E-state index in [0.29, 0.717) is 6.42 Å². The number of hydrogen-bond acceptors (Lipinski definition) is 10. The van der Waals surface area contributed by atoms with Crippen LogP contribution in [-0.2, 0) is 47.9 Å². The molecule has 1 fully saturated rings. The van der Waals surface area contributed by atoms with Crippen molar-refractivity contribution in [1.82, 2.24) is 36.8 Å². The molecule has 8 N–H and O–H groups in total. The minimum atomic E-state index is -1.51. The molecule has 0 aromatic rings. The second kappa shape index (κ2) is 22.7. The number of likely N-dealkylation sites (tertiary alicyclic amines) is 1. The van der Waals surface area contributed by atoms with E-state index >= 15 is 0 Å². The molecule has 6 unspecified atom stereocenters. The molecule has 1 aliphatic heterocycles. The molecule has 0 aromatic heterocycles. The number of ketones is 1. The predicted molar refractivity (Wildman–Crippen MR) is 192 cm³/mol. The highest BCUT2D eigenvalue weighted by Crippen LogP contribution is 2.22. The average molecular weight is 766 g/mol. The molecule has 7 amide bonds. The smallest absolute Gasteiger partial charge is 0.303 e. The molecule has 0 aromatic carbocycles. The summed E-state index contributed by atoms with van der Waals surface area (Å²) >= 11 is 0. The molecule has 1 heterocycles. The van der Waals surface area contributed by atoms with E-state index in [1.165, 1.54) is 11.0 Å². The molecule has 1 saturated heterocycles. The molecule has 1 aliphatic rings. The van der Waals surface area contributed by atoms with Crippen LogP contribution >= 0.6 is 0 Å². The highest BCUT2D eigenvalue weighted by molar-refractivity contribution is 6.38. The van der Waals surface area contributed by atoms with E-state index in [2.05, 4.69) is 38.5 Å². The van der Waals surface area contributed by atoms with Crippen LogP contribution in [0.5, 0.6) is 0 Å². The van der Waals surface area contributed by atoms with Crippen molar-refractivity contribution in [3.8, 4) is 0 Å². The summed E-state index contributed by atoms with van der Waals surface area (Å²) in [6, 6.07) is -7.42. The van der Waals surface area contributed by atoms with Crippen LogP contribution < -0.4 is 31.9 Å². The Kier molecular flexibility index (Phi) is 19.6. The fourth-order valence-electron chi connectivity index (χ4n) is 5.47. The van der Waals surface area contributed by atoms with Crippen LogP contribution in [0, 0.1) is 11.8 Å². The van der Waals surface area contributed by atoms with Crippen LogP contribution in [0.2, 0.25) is 0 Å². The third-order valence-corrected chi connectivity index (χ3v) is 8.54. The average Bonchev–Trinajstić information content (AvgIpc) is 3.06. The van der Waals surface area contributed by atoms with Crippen molar-refractivity contribution in [2.75, 3.05) is 13.1 Å².